The van der Waals surface area contributed by atoms with E-state index in [0.717, 1.165) is 38.3 Å². The Morgan fingerprint density at radius 3 is 2.44 bits per heavy atom. The summed E-state index contributed by atoms with van der Waals surface area (Å²) in [6.45, 7) is 12.7. The lowest BCUT2D eigenvalue weighted by atomic mass is 10.0. The smallest absolute Gasteiger partial charge is 0.220 e. The number of amides is 1. The Morgan fingerprint density at radius 1 is 1.16 bits per heavy atom. The summed E-state index contributed by atoms with van der Waals surface area (Å²) < 4.78 is 0. The van der Waals surface area contributed by atoms with Crippen molar-refractivity contribution in [2.24, 2.45) is 0 Å². The number of halogens is 2. The molecule has 2 rings (SSSR count). The molecule has 1 aromatic rings. The zero-order valence-electron chi connectivity index (χ0n) is 15.4. The third-order valence-corrected chi connectivity index (χ3v) is 5.76. The van der Waals surface area contributed by atoms with Crippen LogP contribution in [0.4, 0.5) is 0 Å². The van der Waals surface area contributed by atoms with Crippen molar-refractivity contribution in [3.63, 3.8) is 0 Å². The average molecular weight is 386 g/mol. The number of benzene rings is 1. The number of carbonyl (C=O) groups excluding carboxylic acids is 1. The third-order valence-electron chi connectivity index (χ3n) is 5.02. The molecule has 1 aromatic carbocycles. The van der Waals surface area contributed by atoms with Gasteiger partial charge in [0.2, 0.25) is 5.91 Å². The van der Waals surface area contributed by atoms with Gasteiger partial charge in [0.05, 0.1) is 10.0 Å². The second-order valence-corrected chi connectivity index (χ2v) is 8.07. The van der Waals surface area contributed by atoms with Crippen molar-refractivity contribution in [1.29, 1.82) is 0 Å². The van der Waals surface area contributed by atoms with Crippen molar-refractivity contribution in [1.82, 2.24) is 15.1 Å². The fourth-order valence-corrected chi connectivity index (χ4v) is 3.46. The standard InChI is InChI=1S/C19H29Cl2N3O/c1-4-23-9-11-24(12-10-23)19(2,3)14-22-18(25)8-6-15-5-7-16(20)17(21)13-15/h5,7,13H,4,6,8-12,14H2,1-3H3,(H,22,25). The highest BCUT2D eigenvalue weighted by atomic mass is 35.5. The van der Waals surface area contributed by atoms with E-state index >= 15 is 0 Å². The van der Waals surface area contributed by atoms with E-state index in [1.54, 1.807) is 6.07 Å². The first-order valence-electron chi connectivity index (χ1n) is 9.00. The third kappa shape index (κ3) is 6.14. The molecule has 1 aliphatic rings. The van der Waals surface area contributed by atoms with E-state index in [-0.39, 0.29) is 11.4 Å². The number of nitrogens with one attached hydrogen (secondary N) is 1. The Hall–Kier alpha value is -0.810. The fourth-order valence-electron chi connectivity index (χ4n) is 3.14. The quantitative estimate of drug-likeness (QED) is 0.780. The number of piperazine rings is 1. The first kappa shape index (κ1) is 20.5. The summed E-state index contributed by atoms with van der Waals surface area (Å²) in [6, 6.07) is 5.52. The van der Waals surface area contributed by atoms with Crippen LogP contribution in [-0.4, -0.2) is 60.5 Å². The van der Waals surface area contributed by atoms with Gasteiger partial charge in [-0.25, -0.2) is 0 Å². The molecule has 1 amide bonds. The summed E-state index contributed by atoms with van der Waals surface area (Å²) in [5.41, 5.74) is 0.999. The highest BCUT2D eigenvalue weighted by Crippen LogP contribution is 2.23. The summed E-state index contributed by atoms with van der Waals surface area (Å²) in [5, 5.41) is 4.16. The van der Waals surface area contributed by atoms with Gasteiger partial charge in [-0.1, -0.05) is 36.2 Å². The Labute approximate surface area is 161 Å². The van der Waals surface area contributed by atoms with Crippen molar-refractivity contribution in [2.45, 2.75) is 39.2 Å². The van der Waals surface area contributed by atoms with Crippen LogP contribution in [0.1, 0.15) is 32.8 Å². The average Bonchev–Trinajstić information content (AvgIpc) is 2.61. The maximum atomic E-state index is 12.2. The molecule has 0 unspecified atom stereocenters. The molecule has 1 saturated heterocycles. The van der Waals surface area contributed by atoms with E-state index in [2.05, 4.69) is 35.9 Å². The van der Waals surface area contributed by atoms with Crippen LogP contribution in [0.5, 0.6) is 0 Å². The predicted molar refractivity (Wildman–Crippen MR) is 106 cm³/mol. The fraction of sp³-hybridized carbons (Fsp3) is 0.632. The molecule has 0 atom stereocenters. The van der Waals surface area contributed by atoms with Crippen molar-refractivity contribution in [3.8, 4) is 0 Å². The van der Waals surface area contributed by atoms with Gasteiger partial charge >= 0.3 is 0 Å². The van der Waals surface area contributed by atoms with Gasteiger partial charge in [-0.15, -0.1) is 0 Å². The van der Waals surface area contributed by atoms with Crippen molar-refractivity contribution < 1.29 is 4.79 Å². The van der Waals surface area contributed by atoms with Gasteiger partial charge in [0.15, 0.2) is 0 Å². The van der Waals surface area contributed by atoms with Crippen LogP contribution in [0.3, 0.4) is 0 Å². The minimum Gasteiger partial charge on any atom is -0.354 e. The zero-order chi connectivity index (χ0) is 18.4. The minimum absolute atomic E-state index is 0.0287. The molecular formula is C19H29Cl2N3O. The normalized spacial score (nSPS) is 16.8. The predicted octanol–water partition coefficient (Wildman–Crippen LogP) is 3.46. The van der Waals surface area contributed by atoms with Crippen LogP contribution >= 0.6 is 23.2 Å². The van der Waals surface area contributed by atoms with Gasteiger partial charge < -0.3 is 10.2 Å². The molecule has 0 aliphatic carbocycles. The molecule has 0 saturated carbocycles. The summed E-state index contributed by atoms with van der Waals surface area (Å²) in [5.74, 6) is 0.0753. The van der Waals surface area contributed by atoms with Crippen LogP contribution in [-0.2, 0) is 11.2 Å². The van der Waals surface area contributed by atoms with Gasteiger partial charge in [-0.05, 0) is 44.5 Å². The maximum Gasteiger partial charge on any atom is 0.220 e. The molecule has 0 spiro atoms. The number of likely N-dealkylation sites (N-methyl/N-ethyl adjacent to an activating group) is 1. The molecule has 25 heavy (non-hydrogen) atoms. The number of rotatable bonds is 7. The van der Waals surface area contributed by atoms with Crippen LogP contribution in [0.25, 0.3) is 0 Å². The summed E-state index contributed by atoms with van der Waals surface area (Å²) >= 11 is 11.9. The van der Waals surface area contributed by atoms with E-state index in [9.17, 15) is 4.79 Å². The second-order valence-electron chi connectivity index (χ2n) is 7.26. The van der Waals surface area contributed by atoms with E-state index in [1.165, 1.54) is 0 Å². The Kier molecular flexibility index (Phi) is 7.56. The van der Waals surface area contributed by atoms with Gasteiger partial charge in [0.25, 0.3) is 0 Å². The first-order valence-corrected chi connectivity index (χ1v) is 9.75. The molecule has 1 aliphatic heterocycles. The van der Waals surface area contributed by atoms with Crippen molar-refractivity contribution >= 4 is 29.1 Å². The Bertz CT molecular complexity index is 584. The number of hydrogen-bond acceptors (Lipinski definition) is 3. The lowest BCUT2D eigenvalue weighted by Crippen LogP contribution is -2.58. The minimum atomic E-state index is -0.0287. The summed E-state index contributed by atoms with van der Waals surface area (Å²) in [6.07, 6.45) is 1.12. The Balaban J connectivity index is 1.75. The Morgan fingerprint density at radius 2 is 1.84 bits per heavy atom. The van der Waals surface area contributed by atoms with E-state index in [0.29, 0.717) is 29.4 Å². The highest BCUT2D eigenvalue weighted by molar-refractivity contribution is 6.42. The molecular weight excluding hydrogens is 357 g/mol. The van der Waals surface area contributed by atoms with E-state index in [4.69, 9.17) is 23.2 Å². The highest BCUT2D eigenvalue weighted by Gasteiger charge is 2.29. The van der Waals surface area contributed by atoms with Gasteiger partial charge in [0, 0.05) is 44.7 Å². The number of aryl methyl sites for hydroxylation is 1. The van der Waals surface area contributed by atoms with E-state index < -0.39 is 0 Å². The summed E-state index contributed by atoms with van der Waals surface area (Å²) in [4.78, 5) is 17.1. The molecule has 1 fully saturated rings. The van der Waals surface area contributed by atoms with Gasteiger partial charge in [0.1, 0.15) is 0 Å². The second kappa shape index (κ2) is 9.22. The topological polar surface area (TPSA) is 35.6 Å². The van der Waals surface area contributed by atoms with E-state index in [1.807, 2.05) is 12.1 Å². The van der Waals surface area contributed by atoms with Crippen LogP contribution in [0.2, 0.25) is 10.0 Å². The number of hydrogen-bond donors (Lipinski definition) is 1. The van der Waals surface area contributed by atoms with Gasteiger partial charge in [-0.2, -0.15) is 0 Å². The molecule has 0 radical (unpaired) electrons. The number of nitrogens with zero attached hydrogens (tertiary/aromatic N) is 2. The molecule has 4 nitrogen and oxygen atoms in total. The van der Waals surface area contributed by atoms with Crippen LogP contribution < -0.4 is 5.32 Å². The van der Waals surface area contributed by atoms with Gasteiger partial charge in [-0.3, -0.25) is 9.69 Å². The molecule has 1 N–H and O–H groups in total. The molecule has 0 aromatic heterocycles. The molecule has 0 bridgehead atoms. The van der Waals surface area contributed by atoms with Crippen molar-refractivity contribution in [2.75, 3.05) is 39.3 Å². The lowest BCUT2D eigenvalue weighted by Gasteiger charge is -2.44. The molecule has 6 heteroatoms. The van der Waals surface area contributed by atoms with Crippen LogP contribution in [0.15, 0.2) is 18.2 Å². The lowest BCUT2D eigenvalue weighted by molar-refractivity contribution is -0.121. The first-order chi connectivity index (χ1) is 11.8. The largest absolute Gasteiger partial charge is 0.354 e. The van der Waals surface area contributed by atoms with Crippen molar-refractivity contribution in [3.05, 3.63) is 33.8 Å². The molecule has 1 heterocycles. The SMILES string of the molecule is CCN1CCN(C(C)(C)CNC(=O)CCc2ccc(Cl)c(Cl)c2)CC1. The monoisotopic (exact) mass is 385 g/mol. The number of carbonyl (C=O) groups is 1. The van der Waals surface area contributed by atoms with Crippen LogP contribution in [0, 0.1) is 0 Å². The summed E-state index contributed by atoms with van der Waals surface area (Å²) in [7, 11) is 0. The zero-order valence-corrected chi connectivity index (χ0v) is 17.0. The molecule has 140 valence electrons. The maximum absolute atomic E-state index is 12.2.